The molecule has 0 aromatic heterocycles. The number of benzene rings is 1. The standard InChI is InChI=1S/C13H19ClO/c1-2-3-10-15-13-8-4-6-12(11-13)7-5-9-14/h4,6,8,11H,2-3,5,7,9-10H2,1H3. The number of unbranched alkanes of at least 4 members (excludes halogenated alkanes) is 1. The molecule has 1 rings (SSSR count). The summed E-state index contributed by atoms with van der Waals surface area (Å²) in [7, 11) is 0. The monoisotopic (exact) mass is 226 g/mol. The lowest BCUT2D eigenvalue weighted by Crippen LogP contribution is -1.97. The molecule has 84 valence electrons. The predicted molar refractivity (Wildman–Crippen MR) is 65.9 cm³/mol. The van der Waals surface area contributed by atoms with Crippen LogP contribution in [0.4, 0.5) is 0 Å². The van der Waals surface area contributed by atoms with E-state index in [1.54, 1.807) is 0 Å². The van der Waals surface area contributed by atoms with E-state index in [-0.39, 0.29) is 0 Å². The van der Waals surface area contributed by atoms with Crippen LogP contribution < -0.4 is 4.74 Å². The van der Waals surface area contributed by atoms with E-state index in [1.807, 2.05) is 12.1 Å². The highest BCUT2D eigenvalue weighted by Gasteiger charge is 1.96. The first kappa shape index (κ1) is 12.4. The van der Waals surface area contributed by atoms with Crippen molar-refractivity contribution in [3.63, 3.8) is 0 Å². The van der Waals surface area contributed by atoms with Crippen LogP contribution in [0.15, 0.2) is 24.3 Å². The molecule has 0 saturated carbocycles. The number of hydrogen-bond donors (Lipinski definition) is 0. The summed E-state index contributed by atoms with van der Waals surface area (Å²) < 4.78 is 5.63. The van der Waals surface area contributed by atoms with Gasteiger partial charge in [-0.05, 0) is 37.0 Å². The summed E-state index contributed by atoms with van der Waals surface area (Å²) in [6.07, 6.45) is 4.35. The van der Waals surface area contributed by atoms with Crippen LogP contribution in [-0.4, -0.2) is 12.5 Å². The molecule has 0 aliphatic heterocycles. The molecule has 1 nitrogen and oxygen atoms in total. The molecule has 0 radical (unpaired) electrons. The fourth-order valence-corrected chi connectivity index (χ4v) is 1.53. The molecule has 0 atom stereocenters. The third-order valence-corrected chi connectivity index (χ3v) is 2.53. The van der Waals surface area contributed by atoms with E-state index in [4.69, 9.17) is 16.3 Å². The molecule has 0 aliphatic carbocycles. The van der Waals surface area contributed by atoms with Crippen molar-refractivity contribution in [2.45, 2.75) is 32.6 Å². The number of rotatable bonds is 7. The first-order valence-electron chi connectivity index (χ1n) is 5.64. The van der Waals surface area contributed by atoms with Crippen molar-refractivity contribution in [3.8, 4) is 5.75 Å². The highest BCUT2D eigenvalue weighted by molar-refractivity contribution is 6.17. The van der Waals surface area contributed by atoms with Gasteiger partial charge in [0.1, 0.15) is 5.75 Å². The van der Waals surface area contributed by atoms with E-state index >= 15 is 0 Å². The summed E-state index contributed by atoms with van der Waals surface area (Å²) in [6.45, 7) is 2.98. The Labute approximate surface area is 97.4 Å². The molecule has 0 aliphatic rings. The smallest absolute Gasteiger partial charge is 0.119 e. The van der Waals surface area contributed by atoms with Gasteiger partial charge in [-0.15, -0.1) is 11.6 Å². The maximum absolute atomic E-state index is 5.66. The molecule has 0 saturated heterocycles. The van der Waals surface area contributed by atoms with Gasteiger partial charge >= 0.3 is 0 Å². The fraction of sp³-hybridized carbons (Fsp3) is 0.538. The SMILES string of the molecule is CCCCOc1cccc(CCCCl)c1. The maximum atomic E-state index is 5.66. The molecule has 0 fully saturated rings. The summed E-state index contributed by atoms with van der Waals surface area (Å²) in [5.74, 6) is 1.71. The van der Waals surface area contributed by atoms with Crippen LogP contribution >= 0.6 is 11.6 Å². The van der Waals surface area contributed by atoms with Crippen molar-refractivity contribution in [1.82, 2.24) is 0 Å². The van der Waals surface area contributed by atoms with Crippen LogP contribution in [0.1, 0.15) is 31.7 Å². The highest BCUT2D eigenvalue weighted by Crippen LogP contribution is 2.15. The summed E-state index contributed by atoms with van der Waals surface area (Å²) in [5.41, 5.74) is 1.31. The number of aryl methyl sites for hydroxylation is 1. The Morgan fingerprint density at radius 3 is 2.87 bits per heavy atom. The van der Waals surface area contributed by atoms with E-state index in [9.17, 15) is 0 Å². The van der Waals surface area contributed by atoms with Crippen LogP contribution in [0.5, 0.6) is 5.75 Å². The minimum atomic E-state index is 0.723. The number of ether oxygens (including phenoxy) is 1. The summed E-state index contributed by atoms with van der Waals surface area (Å²) >= 11 is 5.66. The summed E-state index contributed by atoms with van der Waals surface area (Å²) in [6, 6.07) is 8.30. The summed E-state index contributed by atoms with van der Waals surface area (Å²) in [4.78, 5) is 0. The zero-order chi connectivity index (χ0) is 10.9. The Morgan fingerprint density at radius 2 is 2.13 bits per heavy atom. The third kappa shape index (κ3) is 5.08. The molecule has 0 unspecified atom stereocenters. The van der Waals surface area contributed by atoms with E-state index < -0.39 is 0 Å². The van der Waals surface area contributed by atoms with E-state index in [0.29, 0.717) is 0 Å². The Balaban J connectivity index is 2.42. The first-order valence-corrected chi connectivity index (χ1v) is 6.18. The number of halogens is 1. The average Bonchev–Trinajstić information content (AvgIpc) is 2.27. The van der Waals surface area contributed by atoms with Crippen LogP contribution in [0.2, 0.25) is 0 Å². The van der Waals surface area contributed by atoms with E-state index in [0.717, 1.165) is 37.5 Å². The highest BCUT2D eigenvalue weighted by atomic mass is 35.5. The average molecular weight is 227 g/mol. The quantitative estimate of drug-likeness (QED) is 0.504. The zero-order valence-electron chi connectivity index (χ0n) is 9.34. The minimum absolute atomic E-state index is 0.723. The molecule has 1 aromatic rings. The molecule has 15 heavy (non-hydrogen) atoms. The molecule has 0 spiro atoms. The van der Waals surface area contributed by atoms with Crippen molar-refractivity contribution in [1.29, 1.82) is 0 Å². The van der Waals surface area contributed by atoms with Crippen molar-refractivity contribution in [3.05, 3.63) is 29.8 Å². The van der Waals surface area contributed by atoms with Gasteiger partial charge in [-0.25, -0.2) is 0 Å². The topological polar surface area (TPSA) is 9.23 Å². The van der Waals surface area contributed by atoms with Gasteiger partial charge < -0.3 is 4.74 Å². The number of alkyl halides is 1. The molecule has 0 heterocycles. The lowest BCUT2D eigenvalue weighted by Gasteiger charge is -2.06. The largest absolute Gasteiger partial charge is 0.494 e. The van der Waals surface area contributed by atoms with Crippen LogP contribution in [0.3, 0.4) is 0 Å². The van der Waals surface area contributed by atoms with E-state index in [1.165, 1.54) is 12.0 Å². The van der Waals surface area contributed by atoms with Crippen LogP contribution in [-0.2, 0) is 6.42 Å². The molecule has 2 heteroatoms. The van der Waals surface area contributed by atoms with Gasteiger partial charge in [-0.1, -0.05) is 25.5 Å². The van der Waals surface area contributed by atoms with Gasteiger partial charge in [-0.3, -0.25) is 0 Å². The Morgan fingerprint density at radius 1 is 1.27 bits per heavy atom. The van der Waals surface area contributed by atoms with Gasteiger partial charge in [0.05, 0.1) is 6.61 Å². The lowest BCUT2D eigenvalue weighted by atomic mass is 10.1. The van der Waals surface area contributed by atoms with Crippen molar-refractivity contribution in [2.75, 3.05) is 12.5 Å². The first-order chi connectivity index (χ1) is 7.36. The third-order valence-electron chi connectivity index (χ3n) is 2.26. The summed E-state index contributed by atoms with van der Waals surface area (Å²) in [5, 5.41) is 0. The molecule has 0 amide bonds. The van der Waals surface area contributed by atoms with Crippen LogP contribution in [0, 0.1) is 0 Å². The second kappa shape index (κ2) is 7.58. The van der Waals surface area contributed by atoms with Crippen molar-refractivity contribution in [2.24, 2.45) is 0 Å². The molecular weight excluding hydrogens is 208 g/mol. The Bertz CT molecular complexity index is 273. The maximum Gasteiger partial charge on any atom is 0.119 e. The van der Waals surface area contributed by atoms with E-state index in [2.05, 4.69) is 19.1 Å². The second-order valence-corrected chi connectivity index (χ2v) is 4.02. The predicted octanol–water partition coefficient (Wildman–Crippen LogP) is 4.04. The molecule has 0 bridgehead atoms. The molecule has 0 N–H and O–H groups in total. The molecular formula is C13H19ClO. The van der Waals surface area contributed by atoms with Crippen molar-refractivity contribution >= 4 is 11.6 Å². The Hall–Kier alpha value is -0.690. The van der Waals surface area contributed by atoms with Gasteiger partial charge in [0.25, 0.3) is 0 Å². The number of hydrogen-bond acceptors (Lipinski definition) is 1. The van der Waals surface area contributed by atoms with Gasteiger partial charge in [-0.2, -0.15) is 0 Å². The molecule has 1 aromatic carbocycles. The van der Waals surface area contributed by atoms with Gasteiger partial charge in [0.2, 0.25) is 0 Å². The Kier molecular flexibility index (Phi) is 6.26. The zero-order valence-corrected chi connectivity index (χ0v) is 10.1. The second-order valence-electron chi connectivity index (χ2n) is 3.64. The lowest BCUT2D eigenvalue weighted by molar-refractivity contribution is 0.309. The van der Waals surface area contributed by atoms with Crippen LogP contribution in [0.25, 0.3) is 0 Å². The minimum Gasteiger partial charge on any atom is -0.494 e. The van der Waals surface area contributed by atoms with Crippen molar-refractivity contribution < 1.29 is 4.74 Å². The van der Waals surface area contributed by atoms with Gasteiger partial charge in [0.15, 0.2) is 0 Å². The fourth-order valence-electron chi connectivity index (χ4n) is 1.40. The van der Waals surface area contributed by atoms with Gasteiger partial charge in [0, 0.05) is 5.88 Å². The normalized spacial score (nSPS) is 10.3.